The molecule has 0 saturated carbocycles. The quantitative estimate of drug-likeness (QED) is 0.521. The Kier molecular flexibility index (Phi) is 5.72. The molecule has 126 valence electrons. The molecule has 1 aromatic rings. The van der Waals surface area contributed by atoms with Crippen LogP contribution in [0, 0.1) is 12.7 Å². The van der Waals surface area contributed by atoms with E-state index < -0.39 is 35.2 Å². The third-order valence-electron chi connectivity index (χ3n) is 2.71. The Hall–Kier alpha value is -2.58. The standard InChI is InChI=1S/C14H13F4NO4/c1-7-4-8(5-9(12(7)15)14(16,17)18)19-10(13(21)23-3)6-11(20)22-2/h4-6,19H,1-3H3/b10-6+. The van der Waals surface area contributed by atoms with E-state index >= 15 is 0 Å². The number of aryl methyl sites for hydroxylation is 1. The molecule has 0 fully saturated rings. The molecule has 1 aromatic carbocycles. The molecule has 0 spiro atoms. The molecule has 0 aliphatic heterocycles. The molecular formula is C14H13F4NO4. The molecule has 0 heterocycles. The van der Waals surface area contributed by atoms with Gasteiger partial charge in [-0.25, -0.2) is 14.0 Å². The first-order valence-electron chi connectivity index (χ1n) is 6.12. The summed E-state index contributed by atoms with van der Waals surface area (Å²) in [5, 5.41) is 2.29. The van der Waals surface area contributed by atoms with Crippen LogP contribution in [0.3, 0.4) is 0 Å². The Morgan fingerprint density at radius 3 is 2.26 bits per heavy atom. The predicted molar refractivity (Wildman–Crippen MR) is 71.9 cm³/mol. The van der Waals surface area contributed by atoms with E-state index in [1.165, 1.54) is 0 Å². The number of benzene rings is 1. The summed E-state index contributed by atoms with van der Waals surface area (Å²) in [6, 6.07) is 1.54. The van der Waals surface area contributed by atoms with Crippen LogP contribution in [0.5, 0.6) is 0 Å². The number of carbonyl (C=O) groups excluding carboxylic acids is 2. The van der Waals surface area contributed by atoms with Crippen molar-refractivity contribution in [3.63, 3.8) is 0 Å². The molecule has 0 radical (unpaired) electrons. The van der Waals surface area contributed by atoms with Crippen molar-refractivity contribution in [3.05, 3.63) is 40.8 Å². The van der Waals surface area contributed by atoms with Crippen LogP contribution >= 0.6 is 0 Å². The van der Waals surface area contributed by atoms with E-state index in [4.69, 9.17) is 0 Å². The first-order valence-corrected chi connectivity index (χ1v) is 6.12. The molecule has 0 aliphatic rings. The normalized spacial score (nSPS) is 11.9. The molecule has 5 nitrogen and oxygen atoms in total. The number of hydrogen-bond donors (Lipinski definition) is 1. The van der Waals surface area contributed by atoms with Crippen LogP contribution in [0.15, 0.2) is 23.9 Å². The summed E-state index contributed by atoms with van der Waals surface area (Å²) < 4.78 is 60.7. The zero-order valence-corrected chi connectivity index (χ0v) is 12.4. The summed E-state index contributed by atoms with van der Waals surface area (Å²) in [4.78, 5) is 22.7. The Bertz CT molecular complexity index is 653. The zero-order chi connectivity index (χ0) is 17.8. The number of esters is 2. The highest BCUT2D eigenvalue weighted by Crippen LogP contribution is 2.34. The molecule has 9 heteroatoms. The summed E-state index contributed by atoms with van der Waals surface area (Å²) in [5.41, 5.74) is -2.48. The van der Waals surface area contributed by atoms with Gasteiger partial charge in [0.1, 0.15) is 11.5 Å². The SMILES string of the molecule is COC(=O)/C=C(/Nc1cc(C)c(F)c(C(F)(F)F)c1)C(=O)OC. The van der Waals surface area contributed by atoms with Crippen LogP contribution in [0.4, 0.5) is 23.2 Å². The largest absolute Gasteiger partial charge is 0.466 e. The van der Waals surface area contributed by atoms with Gasteiger partial charge in [0.2, 0.25) is 0 Å². The molecule has 0 atom stereocenters. The highest BCUT2D eigenvalue weighted by molar-refractivity contribution is 5.98. The highest BCUT2D eigenvalue weighted by atomic mass is 19.4. The third kappa shape index (κ3) is 4.70. The molecule has 0 aliphatic carbocycles. The Balaban J connectivity index is 3.30. The van der Waals surface area contributed by atoms with E-state index in [9.17, 15) is 27.2 Å². The van der Waals surface area contributed by atoms with E-state index in [2.05, 4.69) is 14.8 Å². The molecule has 0 saturated heterocycles. The molecule has 1 rings (SSSR count). The number of nitrogens with one attached hydrogen (secondary N) is 1. The minimum atomic E-state index is -4.91. The fraction of sp³-hybridized carbons (Fsp3) is 0.286. The minimum Gasteiger partial charge on any atom is -0.466 e. The fourth-order valence-corrected chi connectivity index (χ4v) is 1.64. The lowest BCUT2D eigenvalue weighted by Crippen LogP contribution is -2.17. The van der Waals surface area contributed by atoms with Crippen LogP contribution < -0.4 is 5.32 Å². The van der Waals surface area contributed by atoms with Gasteiger partial charge in [-0.15, -0.1) is 0 Å². The van der Waals surface area contributed by atoms with E-state index in [0.29, 0.717) is 12.1 Å². The van der Waals surface area contributed by atoms with Gasteiger partial charge in [-0.2, -0.15) is 13.2 Å². The van der Waals surface area contributed by atoms with Crippen molar-refractivity contribution in [2.45, 2.75) is 13.1 Å². The number of hydrogen-bond acceptors (Lipinski definition) is 5. The second-order valence-corrected chi connectivity index (χ2v) is 4.35. The molecule has 0 unspecified atom stereocenters. The lowest BCUT2D eigenvalue weighted by Gasteiger charge is -2.14. The molecule has 0 bridgehead atoms. The topological polar surface area (TPSA) is 64.6 Å². The summed E-state index contributed by atoms with van der Waals surface area (Å²) in [7, 11) is 2.07. The van der Waals surface area contributed by atoms with Gasteiger partial charge < -0.3 is 14.8 Å². The van der Waals surface area contributed by atoms with E-state index in [0.717, 1.165) is 27.2 Å². The average Bonchev–Trinajstić information content (AvgIpc) is 2.47. The molecule has 0 aromatic heterocycles. The van der Waals surface area contributed by atoms with E-state index in [-0.39, 0.29) is 11.3 Å². The molecule has 23 heavy (non-hydrogen) atoms. The van der Waals surface area contributed by atoms with Gasteiger partial charge in [0.25, 0.3) is 0 Å². The predicted octanol–water partition coefficient (Wildman–Crippen LogP) is 2.79. The maximum atomic E-state index is 13.6. The van der Waals surface area contributed by atoms with Gasteiger partial charge in [-0.05, 0) is 24.6 Å². The molecule has 1 N–H and O–H groups in total. The van der Waals surface area contributed by atoms with Gasteiger partial charge >= 0.3 is 18.1 Å². The maximum absolute atomic E-state index is 13.6. The first-order chi connectivity index (χ1) is 10.6. The summed E-state index contributed by atoms with van der Waals surface area (Å²) in [5.74, 6) is -3.35. The summed E-state index contributed by atoms with van der Waals surface area (Å²) in [6.07, 6.45) is -4.21. The van der Waals surface area contributed by atoms with Gasteiger partial charge in [0.05, 0.1) is 25.9 Å². The number of rotatable bonds is 4. The van der Waals surface area contributed by atoms with Gasteiger partial charge in [0, 0.05) is 5.69 Å². The number of methoxy groups -OCH3 is 2. The average molecular weight is 335 g/mol. The monoisotopic (exact) mass is 335 g/mol. The highest BCUT2D eigenvalue weighted by Gasteiger charge is 2.35. The lowest BCUT2D eigenvalue weighted by molar-refractivity contribution is -0.140. The van der Waals surface area contributed by atoms with Crippen molar-refractivity contribution < 1.29 is 36.6 Å². The van der Waals surface area contributed by atoms with Crippen molar-refractivity contribution in [1.29, 1.82) is 0 Å². The smallest absolute Gasteiger partial charge is 0.419 e. The van der Waals surface area contributed by atoms with Crippen LogP contribution in [-0.2, 0) is 25.2 Å². The van der Waals surface area contributed by atoms with Crippen LogP contribution in [-0.4, -0.2) is 26.2 Å². The van der Waals surface area contributed by atoms with Crippen molar-refractivity contribution in [1.82, 2.24) is 0 Å². The van der Waals surface area contributed by atoms with Gasteiger partial charge in [-0.1, -0.05) is 0 Å². The van der Waals surface area contributed by atoms with Gasteiger partial charge in [-0.3, -0.25) is 0 Å². The van der Waals surface area contributed by atoms with Crippen molar-refractivity contribution in [3.8, 4) is 0 Å². The Labute approximate surface area is 128 Å². The summed E-state index contributed by atoms with van der Waals surface area (Å²) >= 11 is 0. The number of carbonyl (C=O) groups is 2. The lowest BCUT2D eigenvalue weighted by atomic mass is 10.1. The Morgan fingerprint density at radius 1 is 1.17 bits per heavy atom. The number of ether oxygens (including phenoxy) is 2. The van der Waals surface area contributed by atoms with Crippen LogP contribution in [0.2, 0.25) is 0 Å². The van der Waals surface area contributed by atoms with Gasteiger partial charge in [0.15, 0.2) is 0 Å². The number of alkyl halides is 3. The zero-order valence-electron chi connectivity index (χ0n) is 12.4. The Morgan fingerprint density at radius 2 is 1.78 bits per heavy atom. The van der Waals surface area contributed by atoms with Crippen molar-refractivity contribution in [2.75, 3.05) is 19.5 Å². The van der Waals surface area contributed by atoms with Crippen molar-refractivity contribution >= 4 is 17.6 Å². The van der Waals surface area contributed by atoms with E-state index in [1.54, 1.807) is 0 Å². The second kappa shape index (κ2) is 7.12. The fourth-order valence-electron chi connectivity index (χ4n) is 1.64. The molecular weight excluding hydrogens is 322 g/mol. The number of anilines is 1. The number of halogens is 4. The van der Waals surface area contributed by atoms with E-state index in [1.807, 2.05) is 0 Å². The van der Waals surface area contributed by atoms with Crippen LogP contribution in [0.25, 0.3) is 0 Å². The third-order valence-corrected chi connectivity index (χ3v) is 2.71. The second-order valence-electron chi connectivity index (χ2n) is 4.35. The van der Waals surface area contributed by atoms with Crippen molar-refractivity contribution in [2.24, 2.45) is 0 Å². The first kappa shape index (κ1) is 18.5. The molecule has 0 amide bonds. The van der Waals surface area contributed by atoms with Crippen LogP contribution in [0.1, 0.15) is 11.1 Å². The minimum absolute atomic E-state index is 0.239. The maximum Gasteiger partial charge on any atom is 0.419 e. The summed E-state index contributed by atoms with van der Waals surface area (Å²) in [6.45, 7) is 1.14.